The Labute approximate surface area is 95.2 Å². The van der Waals surface area contributed by atoms with Crippen molar-refractivity contribution >= 4 is 0 Å². The van der Waals surface area contributed by atoms with E-state index in [4.69, 9.17) is 4.52 Å². The van der Waals surface area contributed by atoms with Gasteiger partial charge in [0, 0.05) is 24.0 Å². The second kappa shape index (κ2) is 4.53. The van der Waals surface area contributed by atoms with E-state index in [1.165, 1.54) is 5.69 Å². The number of rotatable bonds is 4. The van der Waals surface area contributed by atoms with Crippen molar-refractivity contribution in [1.82, 2.24) is 15.0 Å². The van der Waals surface area contributed by atoms with Crippen LogP contribution < -0.4 is 5.32 Å². The van der Waals surface area contributed by atoms with Crippen molar-refractivity contribution in [1.29, 1.82) is 0 Å². The Bertz CT molecular complexity index is 458. The lowest BCUT2D eigenvalue weighted by molar-refractivity contribution is 0.370. The van der Waals surface area contributed by atoms with E-state index in [-0.39, 0.29) is 0 Å². The minimum Gasteiger partial charge on any atom is -0.359 e. The Morgan fingerprint density at radius 1 is 1.56 bits per heavy atom. The summed E-state index contributed by atoms with van der Waals surface area (Å²) >= 11 is 0. The zero-order valence-electron chi connectivity index (χ0n) is 9.90. The van der Waals surface area contributed by atoms with Crippen molar-refractivity contribution in [3.05, 3.63) is 41.5 Å². The van der Waals surface area contributed by atoms with Gasteiger partial charge in [-0.3, -0.25) is 0 Å². The molecule has 4 heteroatoms. The van der Waals surface area contributed by atoms with Gasteiger partial charge in [-0.2, -0.15) is 0 Å². The lowest BCUT2D eigenvalue weighted by Gasteiger charge is -2.13. The Hall–Kier alpha value is -1.55. The molecule has 0 bridgehead atoms. The van der Waals surface area contributed by atoms with Crippen LogP contribution >= 0.6 is 0 Å². The Morgan fingerprint density at radius 3 is 3.00 bits per heavy atom. The van der Waals surface area contributed by atoms with Gasteiger partial charge >= 0.3 is 0 Å². The van der Waals surface area contributed by atoms with Crippen LogP contribution in [0.1, 0.15) is 30.1 Å². The monoisotopic (exact) mass is 219 g/mol. The molecule has 16 heavy (non-hydrogen) atoms. The largest absolute Gasteiger partial charge is 0.359 e. The predicted molar refractivity (Wildman–Crippen MR) is 62.2 cm³/mol. The topological polar surface area (TPSA) is 43.0 Å². The van der Waals surface area contributed by atoms with Gasteiger partial charge in [0.1, 0.15) is 0 Å². The second-order valence-corrected chi connectivity index (χ2v) is 4.01. The summed E-state index contributed by atoms with van der Waals surface area (Å²) in [7, 11) is 1.96. The van der Waals surface area contributed by atoms with E-state index >= 15 is 0 Å². The van der Waals surface area contributed by atoms with Crippen LogP contribution in [-0.2, 0) is 6.54 Å². The fraction of sp³-hybridized carbons (Fsp3) is 0.417. The molecule has 0 aliphatic rings. The minimum absolute atomic E-state index is 0.332. The highest BCUT2D eigenvalue weighted by molar-refractivity contribution is 5.14. The maximum absolute atomic E-state index is 5.21. The second-order valence-electron chi connectivity index (χ2n) is 4.01. The van der Waals surface area contributed by atoms with Crippen LogP contribution in [0.25, 0.3) is 0 Å². The van der Waals surface area contributed by atoms with Gasteiger partial charge in [0.15, 0.2) is 5.76 Å². The molecule has 2 aromatic rings. The fourth-order valence-electron chi connectivity index (χ4n) is 1.77. The minimum atomic E-state index is 0.332. The van der Waals surface area contributed by atoms with Crippen molar-refractivity contribution in [2.24, 2.45) is 0 Å². The fourth-order valence-corrected chi connectivity index (χ4v) is 1.77. The number of nitrogens with one attached hydrogen (secondary N) is 1. The van der Waals surface area contributed by atoms with E-state index in [9.17, 15) is 0 Å². The highest BCUT2D eigenvalue weighted by Crippen LogP contribution is 2.15. The number of aryl methyl sites for hydroxylation is 1. The normalized spacial score (nSPS) is 12.9. The first-order chi connectivity index (χ1) is 7.70. The standard InChI is InChI=1S/C12H17N3O/c1-9-7-11(16-14-9)8-15-6-4-5-12(15)10(2)13-3/h4-7,10,13H,8H2,1-3H3. The summed E-state index contributed by atoms with van der Waals surface area (Å²) in [5, 5.41) is 7.12. The summed E-state index contributed by atoms with van der Waals surface area (Å²) in [5.74, 6) is 0.887. The van der Waals surface area contributed by atoms with Gasteiger partial charge in [0.2, 0.25) is 0 Å². The SMILES string of the molecule is CNC(C)c1cccn1Cc1cc(C)no1. The van der Waals surface area contributed by atoms with Crippen molar-refractivity contribution in [3.8, 4) is 0 Å². The molecule has 1 unspecified atom stereocenters. The molecule has 4 nitrogen and oxygen atoms in total. The van der Waals surface area contributed by atoms with Gasteiger partial charge in [-0.05, 0) is 33.0 Å². The summed E-state index contributed by atoms with van der Waals surface area (Å²) in [5.41, 5.74) is 2.17. The first-order valence-corrected chi connectivity index (χ1v) is 5.45. The Kier molecular flexibility index (Phi) is 3.10. The molecule has 0 aromatic carbocycles. The number of hydrogen-bond donors (Lipinski definition) is 1. The molecule has 0 spiro atoms. The van der Waals surface area contributed by atoms with Crippen LogP contribution in [0.2, 0.25) is 0 Å². The zero-order valence-corrected chi connectivity index (χ0v) is 9.90. The van der Waals surface area contributed by atoms with Crippen LogP contribution in [0.4, 0.5) is 0 Å². The molecule has 0 aliphatic heterocycles. The summed E-state index contributed by atoms with van der Waals surface area (Å²) in [6.07, 6.45) is 2.06. The molecule has 86 valence electrons. The Morgan fingerprint density at radius 2 is 2.38 bits per heavy atom. The molecule has 1 N–H and O–H groups in total. The summed E-state index contributed by atoms with van der Waals surface area (Å²) < 4.78 is 7.38. The maximum Gasteiger partial charge on any atom is 0.156 e. The van der Waals surface area contributed by atoms with E-state index in [2.05, 4.69) is 34.2 Å². The van der Waals surface area contributed by atoms with Gasteiger partial charge in [-0.25, -0.2) is 0 Å². The van der Waals surface area contributed by atoms with Crippen molar-refractivity contribution < 1.29 is 4.52 Å². The van der Waals surface area contributed by atoms with Gasteiger partial charge in [0.05, 0.1) is 12.2 Å². The van der Waals surface area contributed by atoms with E-state index in [1.54, 1.807) is 0 Å². The molecule has 2 rings (SSSR count). The predicted octanol–water partition coefficient (Wildman–Crippen LogP) is 2.11. The zero-order chi connectivity index (χ0) is 11.5. The number of aromatic nitrogens is 2. The van der Waals surface area contributed by atoms with Gasteiger partial charge in [0.25, 0.3) is 0 Å². The lowest BCUT2D eigenvalue weighted by atomic mass is 10.2. The van der Waals surface area contributed by atoms with Crippen LogP contribution in [0.3, 0.4) is 0 Å². The average molecular weight is 219 g/mol. The van der Waals surface area contributed by atoms with Crippen LogP contribution in [0.15, 0.2) is 28.9 Å². The molecule has 1 atom stereocenters. The third-order valence-electron chi connectivity index (χ3n) is 2.74. The quantitative estimate of drug-likeness (QED) is 0.856. The van der Waals surface area contributed by atoms with Gasteiger partial charge < -0.3 is 14.4 Å². The maximum atomic E-state index is 5.21. The molecule has 0 saturated carbocycles. The van der Waals surface area contributed by atoms with Gasteiger partial charge in [-0.1, -0.05) is 5.16 Å². The summed E-state index contributed by atoms with van der Waals surface area (Å²) in [4.78, 5) is 0. The first-order valence-electron chi connectivity index (χ1n) is 5.45. The number of hydrogen-bond acceptors (Lipinski definition) is 3. The molecule has 2 aromatic heterocycles. The average Bonchev–Trinajstić information content (AvgIpc) is 2.87. The molecule has 0 radical (unpaired) electrons. The molecule has 0 amide bonds. The third kappa shape index (κ3) is 2.17. The van der Waals surface area contributed by atoms with Gasteiger partial charge in [-0.15, -0.1) is 0 Å². The van der Waals surface area contributed by atoms with Crippen molar-refractivity contribution in [2.75, 3.05) is 7.05 Å². The molecule has 0 aliphatic carbocycles. The Balaban J connectivity index is 2.18. The van der Waals surface area contributed by atoms with E-state index in [0.29, 0.717) is 6.04 Å². The molecule has 0 saturated heterocycles. The molecular weight excluding hydrogens is 202 g/mol. The number of nitrogens with zero attached hydrogens (tertiary/aromatic N) is 2. The van der Waals surface area contributed by atoms with E-state index in [0.717, 1.165) is 18.0 Å². The van der Waals surface area contributed by atoms with Crippen molar-refractivity contribution in [3.63, 3.8) is 0 Å². The smallest absolute Gasteiger partial charge is 0.156 e. The third-order valence-corrected chi connectivity index (χ3v) is 2.74. The van der Waals surface area contributed by atoms with Crippen molar-refractivity contribution in [2.45, 2.75) is 26.4 Å². The first kappa shape index (κ1) is 11.0. The highest BCUT2D eigenvalue weighted by atomic mass is 16.5. The highest BCUT2D eigenvalue weighted by Gasteiger charge is 2.09. The lowest BCUT2D eigenvalue weighted by Crippen LogP contribution is -2.16. The summed E-state index contributed by atoms with van der Waals surface area (Å²) in [6, 6.07) is 6.46. The van der Waals surface area contributed by atoms with Crippen LogP contribution in [-0.4, -0.2) is 16.8 Å². The van der Waals surface area contributed by atoms with E-state index < -0.39 is 0 Å². The molecular formula is C12H17N3O. The summed E-state index contributed by atoms with van der Waals surface area (Å²) in [6.45, 7) is 4.80. The van der Waals surface area contributed by atoms with Crippen LogP contribution in [0, 0.1) is 6.92 Å². The molecule has 2 heterocycles. The molecule has 0 fully saturated rings. The van der Waals surface area contributed by atoms with E-state index in [1.807, 2.05) is 26.1 Å². The van der Waals surface area contributed by atoms with Crippen LogP contribution in [0.5, 0.6) is 0 Å².